The Morgan fingerprint density at radius 3 is 1.02 bits per heavy atom. The van der Waals surface area contributed by atoms with Crippen molar-refractivity contribution < 1.29 is 78.6 Å². The Kier molecular flexibility index (Phi) is 28.4. The first-order valence-corrected chi connectivity index (χ1v) is 26.7. The Morgan fingerprint density at radius 2 is 0.766 bits per heavy atom. The first-order valence-electron chi connectivity index (χ1n) is 19.9. The van der Waals surface area contributed by atoms with Crippen LogP contribution in [0.3, 0.4) is 0 Å². The third-order valence-corrected chi connectivity index (χ3v) is 15.6. The van der Waals surface area contributed by atoms with E-state index in [1.54, 1.807) is 27.7 Å². The van der Waals surface area contributed by atoms with Crippen molar-refractivity contribution in [1.29, 1.82) is 0 Å². The number of carbonyl (C=O) groups excluding carboxylic acids is 8. The fourth-order valence-electron chi connectivity index (χ4n) is 5.08. The van der Waals surface area contributed by atoms with E-state index in [0.717, 1.165) is 13.8 Å². The number of carbonyl (C=O) groups is 10. The third-order valence-electron chi connectivity index (χ3n) is 8.54. The Labute approximate surface area is 380 Å². The van der Waals surface area contributed by atoms with Crippen LogP contribution in [-0.2, 0) is 47.9 Å². The monoisotopic (exact) mass is 1050 g/mol. The maximum absolute atomic E-state index is 13.6. The molecule has 0 unspecified atom stereocenters. The number of hydrogen-bond donors (Lipinski definition) is 16. The zero-order chi connectivity index (χ0) is 49.4. The molecular weight excluding hydrogens is 986 g/mol. The molecule has 18 N–H and O–H groups in total. The Bertz CT molecular complexity index is 1490. The summed E-state index contributed by atoms with van der Waals surface area (Å²) in [6.45, 7) is 6.17. The van der Waals surface area contributed by atoms with Crippen LogP contribution in [0.2, 0.25) is 10.6 Å². The molecule has 26 nitrogen and oxygen atoms in total. The number of aliphatic hydroxyl groups excluding tert-OH is 4. The summed E-state index contributed by atoms with van der Waals surface area (Å²) in [4.78, 5) is 127. The van der Waals surface area contributed by atoms with Crippen molar-refractivity contribution in [3.8, 4) is 0 Å². The molecule has 28 heteroatoms. The van der Waals surface area contributed by atoms with Gasteiger partial charge in [-0.15, -0.1) is 0 Å². The molecule has 0 aliphatic carbocycles. The number of nitrogens with two attached hydrogens (primary N) is 2. The molecule has 8 amide bonds. The van der Waals surface area contributed by atoms with Crippen LogP contribution in [0.4, 0.5) is 0 Å². The van der Waals surface area contributed by atoms with Crippen LogP contribution < -0.4 is 54.0 Å². The van der Waals surface area contributed by atoms with E-state index in [1.807, 2.05) is 0 Å². The predicted molar refractivity (Wildman–Crippen MR) is 226 cm³/mol. The van der Waals surface area contributed by atoms with Gasteiger partial charge in [-0.1, -0.05) is 0 Å². The first-order chi connectivity index (χ1) is 29.7. The molecule has 0 fully saturated rings. The van der Waals surface area contributed by atoms with Crippen molar-refractivity contribution in [3.63, 3.8) is 0 Å². The molecule has 0 spiro atoms. The van der Waals surface area contributed by atoms with Crippen molar-refractivity contribution in [2.24, 2.45) is 23.3 Å². The topological polar surface area (TPSA) is 440 Å². The van der Waals surface area contributed by atoms with Gasteiger partial charge in [-0.25, -0.2) is 0 Å². The number of aliphatic carboxylic acids is 2. The van der Waals surface area contributed by atoms with Gasteiger partial charge in [0, 0.05) is 0 Å². The fourth-order valence-corrected chi connectivity index (χ4v) is 12.1. The van der Waals surface area contributed by atoms with Gasteiger partial charge in [-0.2, -0.15) is 0 Å². The van der Waals surface area contributed by atoms with Crippen molar-refractivity contribution in [1.82, 2.24) is 42.5 Å². The van der Waals surface area contributed by atoms with E-state index in [9.17, 15) is 78.6 Å². The normalized spacial score (nSPS) is 15.9. The summed E-state index contributed by atoms with van der Waals surface area (Å²) in [5.41, 5.74) is 11.2. The van der Waals surface area contributed by atoms with Crippen LogP contribution in [-0.4, -0.2) is 203 Å². The van der Waals surface area contributed by atoms with Crippen LogP contribution in [0.1, 0.15) is 54.4 Å². The van der Waals surface area contributed by atoms with Gasteiger partial charge < -0.3 is 0 Å². The summed E-state index contributed by atoms with van der Waals surface area (Å²) >= 11 is -1.29. The Balaban J connectivity index is 6.52. The van der Waals surface area contributed by atoms with Crippen molar-refractivity contribution in [2.45, 2.75) is 126 Å². The molecule has 0 saturated carbocycles. The van der Waals surface area contributed by atoms with E-state index < -0.39 is 172 Å². The molecule has 0 aromatic carbocycles. The maximum atomic E-state index is 13.6. The molecule has 64 heavy (non-hydrogen) atoms. The molecule has 0 rings (SSSR count). The summed E-state index contributed by atoms with van der Waals surface area (Å²) in [6.07, 6.45) is -2.88. The summed E-state index contributed by atoms with van der Waals surface area (Å²) in [5, 5.41) is 75.0. The van der Waals surface area contributed by atoms with Gasteiger partial charge in [0.25, 0.3) is 0 Å². The van der Waals surface area contributed by atoms with E-state index in [2.05, 4.69) is 42.5 Å². The van der Waals surface area contributed by atoms with E-state index in [4.69, 9.17) is 11.5 Å². The average molecular weight is 1050 g/mol. The third kappa shape index (κ3) is 23.4. The molecule has 0 aliphatic rings. The number of amides is 8. The van der Waals surface area contributed by atoms with Gasteiger partial charge in [0.2, 0.25) is 0 Å². The molecule has 10 atom stereocenters. The number of nitrogens with one attached hydrogen (secondary N) is 8. The van der Waals surface area contributed by atoms with Crippen molar-refractivity contribution in [3.05, 3.63) is 0 Å². The summed E-state index contributed by atoms with van der Waals surface area (Å²) in [5.74, 6) is -10.7. The SMILES string of the molecule is CC(C)C[C@H](NC(=O)[C@@H](N)CO)C(=O)N[C@@H](C[Se][Se]C[C@H](NC(=O)[C@H](CC(C)C)NC(=O)[C@@H](N)CO)C(=O)NCC(=O)N[C@H](C(=O)O)[C@@H](C)O)C(=O)NCC(=O)N[C@H](C(=O)O)[C@@H](C)O. The van der Waals surface area contributed by atoms with Crippen LogP contribution in [0.25, 0.3) is 0 Å². The number of carboxylic acids is 2. The van der Waals surface area contributed by atoms with Crippen LogP contribution in [0.15, 0.2) is 0 Å². The van der Waals surface area contributed by atoms with E-state index >= 15 is 0 Å². The minimum absolute atomic E-state index is 0.0617. The van der Waals surface area contributed by atoms with E-state index in [1.165, 1.54) is 0 Å². The Hall–Kier alpha value is -4.50. The number of hydrogen-bond acceptors (Lipinski definition) is 16. The molecule has 0 aromatic rings. The number of rotatable bonds is 31. The Morgan fingerprint density at radius 1 is 0.469 bits per heavy atom. The standard InChI is InChI=1S/C36H64N10O16Se2/c1-15(2)7-21(41-29(53)19(37)11-47)33(57)43-23(31(55)39-9-25(51)45-27(17(5)49)35(59)60)13-63-64-14-24(32(56)40-10-26(52)46-28(18(6)50)36(61)62)44-34(58)22(8-16(3)4)42-30(54)20(38)12-48/h15-24,27-28,47-50H,7-14,37-38H2,1-6H3,(H,39,55)(H,40,56)(H,41,53)(H,42,54)(H,43,57)(H,44,58)(H,45,51)(H,46,52)(H,59,60)(H,61,62)/t17-,18-,19+,20+,21+,22+,23+,24+,27+,28+/m1/s1. The van der Waals surface area contributed by atoms with Crippen molar-refractivity contribution in [2.75, 3.05) is 26.3 Å². The summed E-state index contributed by atoms with van der Waals surface area (Å²) in [6, 6.07) is -11.5. The van der Waals surface area contributed by atoms with Gasteiger partial charge in [0.1, 0.15) is 0 Å². The quantitative estimate of drug-likeness (QED) is 0.0226. The second-order valence-electron chi connectivity index (χ2n) is 15.3. The van der Waals surface area contributed by atoms with E-state index in [-0.39, 0.29) is 35.3 Å². The fraction of sp³-hybridized carbons (Fsp3) is 0.722. The molecule has 366 valence electrons. The average Bonchev–Trinajstić information content (AvgIpc) is 3.21. The molecule has 0 aromatic heterocycles. The molecule has 0 bridgehead atoms. The summed E-state index contributed by atoms with van der Waals surface area (Å²) < 4.78 is 0. The second kappa shape index (κ2) is 30.6. The van der Waals surface area contributed by atoms with Gasteiger partial charge in [-0.3, -0.25) is 0 Å². The number of aliphatic hydroxyl groups is 4. The van der Waals surface area contributed by atoms with Gasteiger partial charge in [-0.05, 0) is 0 Å². The molecule has 0 heterocycles. The van der Waals surface area contributed by atoms with Crippen LogP contribution in [0.5, 0.6) is 0 Å². The number of carboxylic acid groups (broad SMARTS) is 2. The molecule has 0 aliphatic heterocycles. The van der Waals surface area contributed by atoms with Gasteiger partial charge in [0.05, 0.1) is 0 Å². The van der Waals surface area contributed by atoms with Gasteiger partial charge >= 0.3 is 382 Å². The first kappa shape index (κ1) is 59.5. The summed E-state index contributed by atoms with van der Waals surface area (Å²) in [7, 11) is 0. The van der Waals surface area contributed by atoms with Gasteiger partial charge in [0.15, 0.2) is 0 Å². The molecule has 0 radical (unpaired) electrons. The minimum atomic E-state index is -1.71. The zero-order valence-corrected chi connectivity index (χ0v) is 39.7. The van der Waals surface area contributed by atoms with Crippen molar-refractivity contribution >= 4 is 85.5 Å². The zero-order valence-electron chi connectivity index (χ0n) is 36.3. The van der Waals surface area contributed by atoms with E-state index in [0.29, 0.717) is 0 Å². The predicted octanol–water partition coefficient (Wildman–Crippen LogP) is -8.05. The molecule has 0 saturated heterocycles. The second-order valence-corrected chi connectivity index (χ2v) is 22.9. The molecular formula is C36H64N10O16Se2. The van der Waals surface area contributed by atoms with Crippen LogP contribution >= 0.6 is 0 Å². The van der Waals surface area contributed by atoms with Crippen LogP contribution in [0, 0.1) is 11.8 Å².